The lowest BCUT2D eigenvalue weighted by Crippen LogP contribution is -2.56. The van der Waals surface area contributed by atoms with E-state index in [1.165, 1.54) is 18.2 Å². The van der Waals surface area contributed by atoms with Crippen LogP contribution in [-0.2, 0) is 20.7 Å². The predicted molar refractivity (Wildman–Crippen MR) is 142 cm³/mol. The molecule has 0 atom stereocenters. The summed E-state index contributed by atoms with van der Waals surface area (Å²) in [6, 6.07) is 8.49. The molecule has 7 nitrogen and oxygen atoms in total. The van der Waals surface area contributed by atoms with E-state index in [4.69, 9.17) is 14.0 Å². The van der Waals surface area contributed by atoms with Gasteiger partial charge in [-0.25, -0.2) is 9.40 Å². The van der Waals surface area contributed by atoms with Crippen molar-refractivity contribution in [1.82, 2.24) is 10.4 Å². The Labute approximate surface area is 219 Å². The van der Waals surface area contributed by atoms with Gasteiger partial charge < -0.3 is 14.0 Å². The van der Waals surface area contributed by atoms with Crippen LogP contribution >= 0.6 is 0 Å². The van der Waals surface area contributed by atoms with E-state index < -0.39 is 41.5 Å². The lowest BCUT2D eigenvalue weighted by molar-refractivity contribution is 0.00578. The van der Waals surface area contributed by atoms with Crippen LogP contribution in [0.3, 0.4) is 0 Å². The van der Waals surface area contributed by atoms with E-state index in [9.17, 15) is 9.59 Å². The summed E-state index contributed by atoms with van der Waals surface area (Å²) in [6.07, 6.45) is 0. The van der Waals surface area contributed by atoms with Gasteiger partial charge in [0.1, 0.15) is 5.82 Å². The molecule has 0 radical (unpaired) electrons. The quantitative estimate of drug-likeness (QED) is 0.473. The number of carbonyl (C=O) groups excluding carboxylic acids is 2. The van der Waals surface area contributed by atoms with Gasteiger partial charge >= 0.3 is 7.12 Å². The van der Waals surface area contributed by atoms with Gasteiger partial charge in [-0.3, -0.25) is 15.0 Å². The molecule has 1 aliphatic rings. The Hall–Kier alpha value is -2.75. The van der Waals surface area contributed by atoms with Crippen LogP contribution in [0.15, 0.2) is 30.3 Å². The van der Waals surface area contributed by atoms with E-state index >= 15 is 4.39 Å². The number of benzene rings is 2. The number of hydrogen-bond donors (Lipinski definition) is 1. The second kappa shape index (κ2) is 10.2. The summed E-state index contributed by atoms with van der Waals surface area (Å²) in [7, 11) is 0.477. The molecule has 1 saturated heterocycles. The Morgan fingerprint density at radius 3 is 2.05 bits per heavy atom. The van der Waals surface area contributed by atoms with Crippen LogP contribution in [0.4, 0.5) is 4.39 Å². The van der Waals surface area contributed by atoms with Crippen molar-refractivity contribution >= 4 is 24.4 Å². The first kappa shape index (κ1) is 28.8. The van der Waals surface area contributed by atoms with Crippen molar-refractivity contribution in [2.24, 2.45) is 0 Å². The van der Waals surface area contributed by atoms with Crippen molar-refractivity contribution in [3.8, 4) is 0 Å². The number of nitrogens with zero attached hydrogens (tertiary/aromatic N) is 1. The molecule has 0 unspecified atom stereocenters. The summed E-state index contributed by atoms with van der Waals surface area (Å²) < 4.78 is 33.5. The molecule has 0 spiro atoms. The first-order valence-corrected chi connectivity index (χ1v) is 12.4. The Kier molecular flexibility index (Phi) is 7.94. The molecular formula is C28H38BFN2O5. The number of halogens is 1. The third-order valence-electron chi connectivity index (χ3n) is 6.86. The van der Waals surface area contributed by atoms with Crippen molar-refractivity contribution in [3.05, 3.63) is 64.0 Å². The molecule has 0 aliphatic carbocycles. The number of hydrogen-bond acceptors (Lipinski definition) is 5. The molecule has 0 saturated carbocycles. The van der Waals surface area contributed by atoms with Gasteiger partial charge in [0.05, 0.1) is 28.9 Å². The minimum absolute atomic E-state index is 0.107. The summed E-state index contributed by atoms with van der Waals surface area (Å²) >= 11 is 0. The second-order valence-corrected chi connectivity index (χ2v) is 11.6. The molecule has 1 N–H and O–H groups in total. The zero-order chi connectivity index (χ0) is 27.9. The average Bonchev–Trinajstić information content (AvgIpc) is 2.96. The van der Waals surface area contributed by atoms with Gasteiger partial charge in [-0.05, 0) is 86.1 Å². The molecule has 200 valence electrons. The number of methoxy groups -OCH3 is 1. The van der Waals surface area contributed by atoms with E-state index in [0.717, 1.165) is 11.1 Å². The number of nitrogens with one attached hydrogen (secondary N) is 1. The van der Waals surface area contributed by atoms with Gasteiger partial charge in [-0.15, -0.1) is 0 Å². The Bertz CT molecular complexity index is 1170. The molecular weight excluding hydrogens is 474 g/mol. The SMILES string of the molecule is COCc1ccc(C(=O)NN(C(=O)c2cc(C)cc(C)c2)C(C)(C)C)c(F)c1B1OC(C)(C)C(C)(C)O1. The zero-order valence-corrected chi connectivity index (χ0v) is 23.5. The maximum Gasteiger partial charge on any atom is 0.498 e. The summed E-state index contributed by atoms with van der Waals surface area (Å²) in [5.74, 6) is -1.93. The van der Waals surface area contributed by atoms with Crippen LogP contribution in [0, 0.1) is 19.7 Å². The minimum Gasteiger partial charge on any atom is -0.399 e. The van der Waals surface area contributed by atoms with Gasteiger partial charge in [0.2, 0.25) is 0 Å². The highest BCUT2D eigenvalue weighted by Crippen LogP contribution is 2.37. The van der Waals surface area contributed by atoms with Crippen LogP contribution in [-0.4, -0.2) is 47.8 Å². The third kappa shape index (κ3) is 5.89. The van der Waals surface area contributed by atoms with Crippen molar-refractivity contribution in [2.75, 3.05) is 7.11 Å². The van der Waals surface area contributed by atoms with Gasteiger partial charge in [-0.2, -0.15) is 0 Å². The summed E-state index contributed by atoms with van der Waals surface area (Å²) in [5, 5.41) is 1.24. The van der Waals surface area contributed by atoms with Gasteiger partial charge in [0, 0.05) is 18.1 Å². The zero-order valence-electron chi connectivity index (χ0n) is 23.5. The number of rotatable bonds is 5. The maximum absolute atomic E-state index is 16.1. The molecule has 1 fully saturated rings. The van der Waals surface area contributed by atoms with Gasteiger partial charge in [0.15, 0.2) is 0 Å². The Morgan fingerprint density at radius 2 is 1.57 bits per heavy atom. The fraction of sp³-hybridized carbons (Fsp3) is 0.500. The van der Waals surface area contributed by atoms with Crippen LogP contribution in [0.25, 0.3) is 0 Å². The fourth-order valence-electron chi connectivity index (χ4n) is 4.22. The number of amides is 2. The normalized spacial score (nSPS) is 16.6. The van der Waals surface area contributed by atoms with E-state index in [-0.39, 0.29) is 17.6 Å². The molecule has 2 aromatic carbocycles. The first-order valence-electron chi connectivity index (χ1n) is 12.4. The number of hydrazine groups is 1. The largest absolute Gasteiger partial charge is 0.498 e. The van der Waals surface area contributed by atoms with Crippen LogP contribution in [0.5, 0.6) is 0 Å². The summed E-state index contributed by atoms with van der Waals surface area (Å²) in [5.41, 5.74) is 3.13. The van der Waals surface area contributed by atoms with Gasteiger partial charge in [-0.1, -0.05) is 23.3 Å². The van der Waals surface area contributed by atoms with E-state index in [1.807, 2.05) is 47.6 Å². The molecule has 1 aliphatic heterocycles. The molecule has 9 heteroatoms. The topological polar surface area (TPSA) is 77.1 Å². The number of aryl methyl sites for hydroxylation is 2. The maximum atomic E-state index is 16.1. The van der Waals surface area contributed by atoms with Crippen LogP contribution in [0.2, 0.25) is 0 Å². The van der Waals surface area contributed by atoms with Crippen molar-refractivity contribution in [1.29, 1.82) is 0 Å². The molecule has 0 bridgehead atoms. The molecule has 37 heavy (non-hydrogen) atoms. The third-order valence-corrected chi connectivity index (χ3v) is 6.86. The molecule has 2 amide bonds. The van der Waals surface area contributed by atoms with E-state index in [0.29, 0.717) is 11.1 Å². The summed E-state index contributed by atoms with van der Waals surface area (Å²) in [4.78, 5) is 26.9. The van der Waals surface area contributed by atoms with Crippen molar-refractivity contribution in [2.45, 2.75) is 85.7 Å². The fourth-order valence-corrected chi connectivity index (χ4v) is 4.22. The van der Waals surface area contributed by atoms with Crippen molar-refractivity contribution < 1.29 is 28.0 Å². The highest BCUT2D eigenvalue weighted by atomic mass is 19.1. The summed E-state index contributed by atoms with van der Waals surface area (Å²) in [6.45, 7) is 16.8. The smallest absolute Gasteiger partial charge is 0.399 e. The van der Waals surface area contributed by atoms with Crippen molar-refractivity contribution in [3.63, 3.8) is 0 Å². The van der Waals surface area contributed by atoms with Gasteiger partial charge in [0.25, 0.3) is 11.8 Å². The highest BCUT2D eigenvalue weighted by molar-refractivity contribution is 6.63. The Balaban J connectivity index is 2.01. The monoisotopic (exact) mass is 512 g/mol. The number of carbonyl (C=O) groups is 2. The molecule has 3 rings (SSSR count). The lowest BCUT2D eigenvalue weighted by atomic mass is 9.74. The van der Waals surface area contributed by atoms with E-state index in [2.05, 4.69) is 5.43 Å². The molecule has 2 aromatic rings. The minimum atomic E-state index is -1.03. The standard InChI is InChI=1S/C28H38BFN2O5/c1-17-13-18(2)15-20(14-17)25(34)32(26(3,4)5)31-24(33)21-12-11-19(16-35-10)22(23(21)30)29-36-27(6,7)28(8,9)37-29/h11-15H,16H2,1-10H3,(H,31,33). The highest BCUT2D eigenvalue weighted by Gasteiger charge is 2.53. The van der Waals surface area contributed by atoms with Crippen LogP contribution < -0.4 is 10.9 Å². The first-order chi connectivity index (χ1) is 17.0. The van der Waals surface area contributed by atoms with E-state index in [1.54, 1.807) is 39.0 Å². The van der Waals surface area contributed by atoms with Crippen LogP contribution in [0.1, 0.15) is 85.9 Å². The average molecular weight is 512 g/mol. The molecule has 0 aromatic heterocycles. The predicted octanol–water partition coefficient (Wildman–Crippen LogP) is 4.47. The molecule has 1 heterocycles. The number of ether oxygens (including phenoxy) is 1. The Morgan fingerprint density at radius 1 is 1.03 bits per heavy atom. The lowest BCUT2D eigenvalue weighted by Gasteiger charge is -2.35. The second-order valence-electron chi connectivity index (χ2n) is 11.6.